The van der Waals surface area contributed by atoms with Crippen LogP contribution in [0.15, 0.2) is 78.9 Å². The Balaban J connectivity index is 1.59. The van der Waals surface area contributed by atoms with Gasteiger partial charge in [0.1, 0.15) is 5.69 Å². The summed E-state index contributed by atoms with van der Waals surface area (Å²) in [6.07, 6.45) is 0. The van der Waals surface area contributed by atoms with Gasteiger partial charge in [-0.3, -0.25) is 19.8 Å². The minimum atomic E-state index is -0.926. The quantitative estimate of drug-likeness (QED) is 0.364. The molecule has 0 aliphatic heterocycles. The summed E-state index contributed by atoms with van der Waals surface area (Å²) in [5.74, 6) is -2.29. The molecular weight excluding hydrogens is 463 g/mol. The Kier molecular flexibility index (Phi) is 6.63. The first-order chi connectivity index (χ1) is 15.9. The van der Waals surface area contributed by atoms with Crippen molar-refractivity contribution in [2.45, 2.75) is 6.54 Å². The molecule has 3 aromatic carbocycles. The van der Waals surface area contributed by atoms with Gasteiger partial charge in [-0.1, -0.05) is 65.7 Å². The van der Waals surface area contributed by atoms with Crippen molar-refractivity contribution in [3.8, 4) is 0 Å². The highest BCUT2D eigenvalue weighted by molar-refractivity contribution is 6.38. The van der Waals surface area contributed by atoms with Gasteiger partial charge in [-0.2, -0.15) is 0 Å². The van der Waals surface area contributed by atoms with E-state index >= 15 is 0 Å². The van der Waals surface area contributed by atoms with Crippen LogP contribution in [0, 0.1) is 0 Å². The summed E-state index contributed by atoms with van der Waals surface area (Å²) in [6, 6.07) is 22.4. The van der Waals surface area contributed by atoms with Gasteiger partial charge < -0.3 is 10.6 Å². The van der Waals surface area contributed by atoms with E-state index in [1.165, 1.54) is 4.68 Å². The molecule has 3 N–H and O–H groups in total. The normalized spacial score (nSPS) is 10.6. The van der Waals surface area contributed by atoms with E-state index in [0.717, 1.165) is 5.56 Å². The van der Waals surface area contributed by atoms with E-state index in [9.17, 15) is 14.4 Å². The number of aromatic nitrogens is 1. The summed E-state index contributed by atoms with van der Waals surface area (Å²) in [6.45, 7) is 0.189. The number of nitrogens with one attached hydrogen (secondary N) is 3. The molecule has 0 radical (unpaired) electrons. The Morgan fingerprint density at radius 1 is 0.818 bits per heavy atom. The van der Waals surface area contributed by atoms with E-state index in [-0.39, 0.29) is 12.2 Å². The van der Waals surface area contributed by atoms with Crippen LogP contribution in [0.25, 0.3) is 10.9 Å². The van der Waals surface area contributed by atoms with E-state index < -0.39 is 17.7 Å². The third-order valence-electron chi connectivity index (χ3n) is 4.83. The number of benzene rings is 3. The molecule has 0 fully saturated rings. The van der Waals surface area contributed by atoms with Crippen LogP contribution in [-0.4, -0.2) is 22.4 Å². The molecule has 0 aliphatic rings. The summed E-state index contributed by atoms with van der Waals surface area (Å²) in [4.78, 5) is 38.0. The third-order valence-corrected chi connectivity index (χ3v) is 5.40. The van der Waals surface area contributed by atoms with Crippen molar-refractivity contribution in [1.82, 2.24) is 9.99 Å². The standard InChI is InChI=1S/C24H18Cl2N4O3/c25-17-10-11-20-16(12-17)13-21(22(31)28-19-9-5-4-8-18(19)26)30(20)29-24(33)23(32)27-14-15-6-2-1-3-7-15/h1-13H,14H2,(H,27,32)(H,28,31)(H,29,33). The Morgan fingerprint density at radius 3 is 2.30 bits per heavy atom. The number of halogens is 2. The van der Waals surface area contributed by atoms with Gasteiger partial charge in [0.15, 0.2) is 0 Å². The summed E-state index contributed by atoms with van der Waals surface area (Å²) in [5, 5.41) is 6.71. The van der Waals surface area contributed by atoms with Crippen LogP contribution in [0.5, 0.6) is 0 Å². The summed E-state index contributed by atoms with van der Waals surface area (Å²) in [5.41, 5.74) is 4.34. The molecule has 0 saturated heterocycles. The van der Waals surface area contributed by atoms with Crippen molar-refractivity contribution < 1.29 is 14.4 Å². The monoisotopic (exact) mass is 480 g/mol. The van der Waals surface area contributed by atoms with Crippen molar-refractivity contribution in [1.29, 1.82) is 0 Å². The molecule has 0 bridgehead atoms. The molecule has 9 heteroatoms. The smallest absolute Gasteiger partial charge is 0.328 e. The van der Waals surface area contributed by atoms with Gasteiger partial charge in [0, 0.05) is 17.0 Å². The molecule has 4 rings (SSSR count). The average Bonchev–Trinajstić information content (AvgIpc) is 3.17. The van der Waals surface area contributed by atoms with Gasteiger partial charge in [0.25, 0.3) is 5.91 Å². The van der Waals surface area contributed by atoms with Crippen LogP contribution < -0.4 is 16.1 Å². The minimum Gasteiger partial charge on any atom is -0.344 e. The van der Waals surface area contributed by atoms with Crippen LogP contribution in [0.1, 0.15) is 16.1 Å². The molecule has 0 atom stereocenters. The predicted octanol–water partition coefficient (Wildman–Crippen LogP) is 4.59. The molecular formula is C24H18Cl2N4O3. The van der Waals surface area contributed by atoms with Gasteiger partial charge in [0.05, 0.1) is 16.2 Å². The lowest BCUT2D eigenvalue weighted by Gasteiger charge is -2.13. The van der Waals surface area contributed by atoms with Gasteiger partial charge in [-0.25, -0.2) is 4.68 Å². The summed E-state index contributed by atoms with van der Waals surface area (Å²) < 4.78 is 1.25. The van der Waals surface area contributed by atoms with E-state index in [1.54, 1.807) is 48.5 Å². The number of rotatable bonds is 5. The van der Waals surface area contributed by atoms with Gasteiger partial charge in [-0.05, 0) is 42.0 Å². The third kappa shape index (κ3) is 5.16. The van der Waals surface area contributed by atoms with Crippen molar-refractivity contribution in [3.63, 3.8) is 0 Å². The van der Waals surface area contributed by atoms with Crippen molar-refractivity contribution in [2.24, 2.45) is 0 Å². The highest BCUT2D eigenvalue weighted by Crippen LogP contribution is 2.25. The Morgan fingerprint density at radius 2 is 1.55 bits per heavy atom. The summed E-state index contributed by atoms with van der Waals surface area (Å²) in [7, 11) is 0. The first-order valence-electron chi connectivity index (χ1n) is 9.92. The number of hydrogen-bond acceptors (Lipinski definition) is 3. The minimum absolute atomic E-state index is 0.0939. The number of carbonyl (C=O) groups is 3. The van der Waals surface area contributed by atoms with Gasteiger partial charge in [0.2, 0.25) is 0 Å². The fraction of sp³-hybridized carbons (Fsp3) is 0.0417. The second-order valence-electron chi connectivity index (χ2n) is 7.11. The molecule has 3 amide bonds. The molecule has 0 unspecified atom stereocenters. The van der Waals surface area contributed by atoms with E-state index in [4.69, 9.17) is 23.2 Å². The maximum absolute atomic E-state index is 13.0. The number of amides is 3. The maximum Gasteiger partial charge on any atom is 0.328 e. The fourth-order valence-electron chi connectivity index (χ4n) is 3.23. The van der Waals surface area contributed by atoms with Crippen molar-refractivity contribution >= 4 is 57.5 Å². The maximum atomic E-state index is 13.0. The largest absolute Gasteiger partial charge is 0.344 e. The second kappa shape index (κ2) is 9.77. The topological polar surface area (TPSA) is 92.2 Å². The van der Waals surface area contributed by atoms with E-state index in [1.807, 2.05) is 30.3 Å². The SMILES string of the molecule is O=C(NCc1ccccc1)C(=O)Nn1c(C(=O)Nc2ccccc2Cl)cc2cc(Cl)ccc21. The number of nitrogens with zero attached hydrogens (tertiary/aromatic N) is 1. The fourth-order valence-corrected chi connectivity index (χ4v) is 3.60. The Bertz CT molecular complexity index is 1350. The van der Waals surface area contributed by atoms with Crippen LogP contribution in [0.4, 0.5) is 5.69 Å². The molecule has 166 valence electrons. The molecule has 7 nitrogen and oxygen atoms in total. The molecule has 4 aromatic rings. The molecule has 0 spiro atoms. The zero-order valence-corrected chi connectivity index (χ0v) is 18.7. The highest BCUT2D eigenvalue weighted by atomic mass is 35.5. The first-order valence-corrected chi connectivity index (χ1v) is 10.7. The number of hydrogen-bond donors (Lipinski definition) is 3. The number of anilines is 1. The van der Waals surface area contributed by atoms with Crippen LogP contribution in [0.3, 0.4) is 0 Å². The molecule has 1 heterocycles. The average molecular weight is 481 g/mol. The lowest BCUT2D eigenvalue weighted by atomic mass is 10.2. The molecule has 0 aliphatic carbocycles. The lowest BCUT2D eigenvalue weighted by Crippen LogP contribution is -2.39. The van der Waals surface area contributed by atoms with Gasteiger partial charge >= 0.3 is 11.8 Å². The van der Waals surface area contributed by atoms with Crippen LogP contribution in [0.2, 0.25) is 10.0 Å². The number of carbonyl (C=O) groups excluding carboxylic acids is 3. The lowest BCUT2D eigenvalue weighted by molar-refractivity contribution is -0.136. The predicted molar refractivity (Wildman–Crippen MR) is 129 cm³/mol. The first kappa shape index (κ1) is 22.4. The van der Waals surface area contributed by atoms with Gasteiger partial charge in [-0.15, -0.1) is 0 Å². The zero-order chi connectivity index (χ0) is 23.4. The summed E-state index contributed by atoms with van der Waals surface area (Å²) >= 11 is 12.2. The number of para-hydroxylation sites is 1. The van der Waals surface area contributed by atoms with Crippen LogP contribution in [-0.2, 0) is 16.1 Å². The van der Waals surface area contributed by atoms with E-state index in [2.05, 4.69) is 16.1 Å². The van der Waals surface area contributed by atoms with Crippen LogP contribution >= 0.6 is 23.2 Å². The highest BCUT2D eigenvalue weighted by Gasteiger charge is 2.21. The van der Waals surface area contributed by atoms with Crippen molar-refractivity contribution in [3.05, 3.63) is 100 Å². The second-order valence-corrected chi connectivity index (χ2v) is 7.95. The Hall–Kier alpha value is -3.81. The van der Waals surface area contributed by atoms with E-state index in [0.29, 0.717) is 26.6 Å². The molecule has 1 aromatic heterocycles. The Labute approximate surface area is 199 Å². The van der Waals surface area contributed by atoms with Crippen molar-refractivity contribution in [2.75, 3.05) is 10.7 Å². The number of fused-ring (bicyclic) bond motifs is 1. The molecule has 33 heavy (non-hydrogen) atoms. The molecule has 0 saturated carbocycles. The zero-order valence-electron chi connectivity index (χ0n) is 17.1.